The van der Waals surface area contributed by atoms with Crippen molar-refractivity contribution in [2.45, 2.75) is 51.1 Å². The first-order chi connectivity index (χ1) is 28.3. The number of ketones is 2. The van der Waals surface area contributed by atoms with Crippen molar-refractivity contribution in [2.75, 3.05) is 39.1 Å². The number of aromatic hydroxyl groups is 2. The van der Waals surface area contributed by atoms with Crippen molar-refractivity contribution in [3.05, 3.63) is 93.6 Å². The summed E-state index contributed by atoms with van der Waals surface area (Å²) in [4.78, 5) is 103. The van der Waals surface area contributed by atoms with E-state index in [9.17, 15) is 48.6 Å². The molecule has 0 radical (unpaired) electrons. The molecule has 2 aliphatic carbocycles. The molecule has 6 amide bonds. The number of benzene rings is 3. The van der Waals surface area contributed by atoms with Gasteiger partial charge in [-0.1, -0.05) is 24.3 Å². The van der Waals surface area contributed by atoms with Gasteiger partial charge in [0.1, 0.15) is 23.3 Å². The number of carbonyl (C=O) groups is 8. The Hall–Kier alpha value is -6.88. The Kier molecular flexibility index (Phi) is 12.8. The minimum Gasteiger partial charge on any atom is -0.507 e. The van der Waals surface area contributed by atoms with E-state index in [0.717, 1.165) is 17.1 Å². The Morgan fingerprint density at radius 3 is 2.25 bits per heavy atom. The molecule has 3 aliphatic rings. The van der Waals surface area contributed by atoms with E-state index < -0.39 is 65.4 Å². The Morgan fingerprint density at radius 1 is 0.864 bits per heavy atom. The summed E-state index contributed by atoms with van der Waals surface area (Å²) in [5.41, 5.74) is 1.21. The fraction of sp³-hybridized carbons (Fsp3) is 0.333. The molecule has 17 heteroatoms. The number of hydrogen-bond donors (Lipinski definition) is 7. The van der Waals surface area contributed by atoms with Gasteiger partial charge in [-0.25, -0.2) is 0 Å². The molecular formula is C42H44N6O11. The molecule has 0 saturated heterocycles. The first-order valence-corrected chi connectivity index (χ1v) is 19.1. The van der Waals surface area contributed by atoms with E-state index in [1.54, 1.807) is 37.4 Å². The summed E-state index contributed by atoms with van der Waals surface area (Å²) >= 11 is 0. The first-order valence-electron chi connectivity index (χ1n) is 19.1. The molecule has 3 aromatic rings. The number of carbonyl (C=O) groups excluding carboxylic acids is 8. The standard InChI is InChI=1S/C42H44N6O11/c1-43-17-4-6-28(47-31(50)21-44-30(49)16-18-48-32(51)14-15-33(48)52)42(58)46-24-11-8-22(9-12-24)20-45-41(57)23-10-13-25-27(19-23)39(55)35-36(37(25)53)40(56)34-26(38(35)54)5-3-7-29(34)59-2/h3,5,7-9,11-12,14-15,23,28,43,53,55H,4,6,10,13,16-21H2,1-2H3,(H,44,49)(H,45,57)(H,46,58)(H,47,50)/t23?,28-/m0/s1. The third-order valence-electron chi connectivity index (χ3n) is 10.6. The SMILES string of the molecule is CNCCC[C@H](NC(=O)CNC(=O)CCN1C(=O)C=CC1=O)C(=O)Nc1ccc(CNC(=O)C2CCc3c(O)c4c(c(O)c3C2)C(=O)c2cccc(OC)c2C4=O)cc1. The number of nitrogens with one attached hydrogen (secondary N) is 5. The van der Waals surface area contributed by atoms with Crippen LogP contribution in [0.1, 0.15) is 74.2 Å². The first kappa shape index (κ1) is 41.7. The number of imide groups is 1. The zero-order chi connectivity index (χ0) is 42.4. The number of fused-ring (bicyclic) bond motifs is 3. The van der Waals surface area contributed by atoms with Crippen molar-refractivity contribution in [3.63, 3.8) is 0 Å². The molecular weight excluding hydrogens is 764 g/mol. The van der Waals surface area contributed by atoms with Gasteiger partial charge in [0.25, 0.3) is 11.8 Å². The minimum absolute atomic E-state index is 0.0174. The molecule has 1 unspecified atom stereocenters. The number of amides is 6. The lowest BCUT2D eigenvalue weighted by molar-refractivity contribution is -0.137. The van der Waals surface area contributed by atoms with Gasteiger partial charge in [0.05, 0.1) is 30.3 Å². The minimum atomic E-state index is -0.928. The maximum Gasteiger partial charge on any atom is 0.253 e. The molecule has 0 fully saturated rings. The van der Waals surface area contributed by atoms with E-state index in [-0.39, 0.29) is 77.6 Å². The average Bonchev–Trinajstić information content (AvgIpc) is 3.56. The van der Waals surface area contributed by atoms with Gasteiger partial charge in [-0.05, 0) is 69.5 Å². The maximum atomic E-state index is 13.5. The number of ether oxygens (including phenoxy) is 1. The third-order valence-corrected chi connectivity index (χ3v) is 10.6. The zero-order valence-electron chi connectivity index (χ0n) is 32.4. The van der Waals surface area contributed by atoms with Gasteiger partial charge in [0.2, 0.25) is 29.4 Å². The van der Waals surface area contributed by atoms with Crippen LogP contribution in [0.3, 0.4) is 0 Å². The van der Waals surface area contributed by atoms with Gasteiger partial charge in [-0.2, -0.15) is 0 Å². The summed E-state index contributed by atoms with van der Waals surface area (Å²) in [6, 6.07) is 10.3. The van der Waals surface area contributed by atoms with Crippen LogP contribution >= 0.6 is 0 Å². The summed E-state index contributed by atoms with van der Waals surface area (Å²) in [5.74, 6) is -5.47. The van der Waals surface area contributed by atoms with Gasteiger partial charge in [0.15, 0.2) is 5.78 Å². The second-order valence-corrected chi connectivity index (χ2v) is 14.3. The van der Waals surface area contributed by atoms with Crippen molar-refractivity contribution in [2.24, 2.45) is 5.92 Å². The highest BCUT2D eigenvalue weighted by atomic mass is 16.5. The highest BCUT2D eigenvalue weighted by molar-refractivity contribution is 6.31. The summed E-state index contributed by atoms with van der Waals surface area (Å²) in [6.07, 6.45) is 3.43. The lowest BCUT2D eigenvalue weighted by atomic mass is 9.75. The maximum absolute atomic E-state index is 13.5. The quantitative estimate of drug-likeness (QED) is 0.0479. The highest BCUT2D eigenvalue weighted by Crippen LogP contribution is 2.47. The average molecular weight is 809 g/mol. The van der Waals surface area contributed by atoms with Gasteiger partial charge >= 0.3 is 0 Å². The number of rotatable bonds is 16. The van der Waals surface area contributed by atoms with E-state index in [1.807, 2.05) is 0 Å². The van der Waals surface area contributed by atoms with Crippen molar-refractivity contribution < 1.29 is 53.3 Å². The third kappa shape index (κ3) is 8.99. The molecule has 17 nitrogen and oxygen atoms in total. The molecule has 0 bridgehead atoms. The van der Waals surface area contributed by atoms with Crippen molar-refractivity contribution in [1.29, 1.82) is 0 Å². The fourth-order valence-electron chi connectivity index (χ4n) is 7.43. The second-order valence-electron chi connectivity index (χ2n) is 14.3. The Bertz CT molecular complexity index is 2250. The topological polar surface area (TPSA) is 250 Å². The van der Waals surface area contributed by atoms with E-state index >= 15 is 0 Å². The molecule has 6 rings (SSSR count). The van der Waals surface area contributed by atoms with Gasteiger partial charge in [-0.3, -0.25) is 43.3 Å². The van der Waals surface area contributed by atoms with Crippen LogP contribution in [-0.4, -0.2) is 102 Å². The van der Waals surface area contributed by atoms with Crippen LogP contribution in [-0.2, 0) is 48.2 Å². The number of phenolic OH excluding ortho intramolecular Hbond substituents is 2. The zero-order valence-corrected chi connectivity index (χ0v) is 32.4. The summed E-state index contributed by atoms with van der Waals surface area (Å²) in [6.45, 7) is 0.179. The number of methoxy groups -OCH3 is 1. The monoisotopic (exact) mass is 808 g/mol. The molecule has 308 valence electrons. The van der Waals surface area contributed by atoms with Crippen LogP contribution in [0.25, 0.3) is 0 Å². The predicted octanol–water partition coefficient (Wildman–Crippen LogP) is 1.16. The molecule has 59 heavy (non-hydrogen) atoms. The largest absolute Gasteiger partial charge is 0.507 e. The van der Waals surface area contributed by atoms with Gasteiger partial charge in [-0.15, -0.1) is 0 Å². The Labute approximate surface area is 338 Å². The normalized spacial score (nSPS) is 15.8. The molecule has 1 heterocycles. The Morgan fingerprint density at radius 2 is 1.56 bits per heavy atom. The van der Waals surface area contributed by atoms with Crippen molar-refractivity contribution in [3.8, 4) is 17.2 Å². The van der Waals surface area contributed by atoms with Crippen LogP contribution in [0.2, 0.25) is 0 Å². The van der Waals surface area contributed by atoms with Gasteiger partial charge < -0.3 is 41.5 Å². The summed E-state index contributed by atoms with van der Waals surface area (Å²) in [5, 5.41) is 36.3. The Balaban J connectivity index is 1.02. The van der Waals surface area contributed by atoms with E-state index in [1.165, 1.54) is 19.2 Å². The molecule has 7 N–H and O–H groups in total. The number of hydrogen-bond acceptors (Lipinski definition) is 12. The summed E-state index contributed by atoms with van der Waals surface area (Å²) in [7, 11) is 3.13. The van der Waals surface area contributed by atoms with Crippen molar-refractivity contribution >= 4 is 52.7 Å². The van der Waals surface area contributed by atoms with Crippen LogP contribution in [0.5, 0.6) is 17.2 Å². The smallest absolute Gasteiger partial charge is 0.253 e. The van der Waals surface area contributed by atoms with Crippen LogP contribution < -0.4 is 31.3 Å². The van der Waals surface area contributed by atoms with Crippen LogP contribution in [0.4, 0.5) is 5.69 Å². The highest BCUT2D eigenvalue weighted by Gasteiger charge is 2.41. The van der Waals surface area contributed by atoms with E-state index in [4.69, 9.17) is 4.74 Å². The predicted molar refractivity (Wildman–Crippen MR) is 211 cm³/mol. The van der Waals surface area contributed by atoms with Crippen LogP contribution in [0.15, 0.2) is 54.6 Å². The van der Waals surface area contributed by atoms with Gasteiger partial charge in [0, 0.05) is 60.0 Å². The number of nitrogens with zero attached hydrogens (tertiary/aromatic N) is 1. The second kappa shape index (κ2) is 18.1. The molecule has 2 atom stereocenters. The molecule has 1 aliphatic heterocycles. The van der Waals surface area contributed by atoms with E-state index in [0.29, 0.717) is 42.6 Å². The fourth-order valence-corrected chi connectivity index (χ4v) is 7.43. The van der Waals surface area contributed by atoms with E-state index in [2.05, 4.69) is 26.6 Å². The summed E-state index contributed by atoms with van der Waals surface area (Å²) < 4.78 is 5.30. The molecule has 0 saturated carbocycles. The molecule has 3 aromatic carbocycles. The number of phenols is 2. The lowest BCUT2D eigenvalue weighted by Crippen LogP contribution is -2.47. The van der Waals surface area contributed by atoms with Crippen LogP contribution in [0, 0.1) is 5.92 Å². The lowest BCUT2D eigenvalue weighted by Gasteiger charge is -2.29. The molecule has 0 aromatic heterocycles. The molecule has 0 spiro atoms. The number of anilines is 1. The van der Waals surface area contributed by atoms with Crippen molar-refractivity contribution in [1.82, 2.24) is 26.2 Å².